The van der Waals surface area contributed by atoms with Gasteiger partial charge < -0.3 is 19.6 Å². The number of rotatable bonds is 9. The molecular formula is C31H42N4O5. The molecule has 3 unspecified atom stereocenters. The summed E-state index contributed by atoms with van der Waals surface area (Å²) in [6.45, 7) is -0.266. The van der Waals surface area contributed by atoms with E-state index in [-0.39, 0.29) is 49.1 Å². The van der Waals surface area contributed by atoms with Crippen molar-refractivity contribution in [2.75, 3.05) is 13.2 Å². The fourth-order valence-corrected chi connectivity index (χ4v) is 8.44. The summed E-state index contributed by atoms with van der Waals surface area (Å²) in [5.74, 6) is 0.798. The normalized spacial score (nSPS) is 30.8. The van der Waals surface area contributed by atoms with Crippen LogP contribution in [0.5, 0.6) is 0 Å². The van der Waals surface area contributed by atoms with Crippen molar-refractivity contribution in [3.8, 4) is 0 Å². The molecule has 216 valence electrons. The molecule has 3 heterocycles. The molecule has 6 rings (SSSR count). The van der Waals surface area contributed by atoms with E-state index in [0.29, 0.717) is 23.6 Å². The lowest BCUT2D eigenvalue weighted by atomic mass is 9.68. The van der Waals surface area contributed by atoms with Crippen LogP contribution in [0.25, 0.3) is 11.0 Å². The van der Waals surface area contributed by atoms with E-state index >= 15 is 0 Å². The number of aliphatic hydroxyl groups is 1. The molecule has 4 fully saturated rings. The maximum Gasteiger partial charge on any atom is 0.303 e. The van der Waals surface area contributed by atoms with Crippen molar-refractivity contribution in [3.63, 3.8) is 0 Å². The lowest BCUT2D eigenvalue weighted by Gasteiger charge is -2.55. The molecular weight excluding hydrogens is 508 g/mol. The van der Waals surface area contributed by atoms with E-state index < -0.39 is 5.97 Å². The van der Waals surface area contributed by atoms with Gasteiger partial charge in [-0.2, -0.15) is 0 Å². The molecule has 2 aliphatic heterocycles. The van der Waals surface area contributed by atoms with E-state index in [1.165, 1.54) is 57.8 Å². The van der Waals surface area contributed by atoms with Crippen LogP contribution in [0.2, 0.25) is 0 Å². The number of carboxylic acids is 1. The Labute approximate surface area is 235 Å². The molecule has 9 heteroatoms. The smallest absolute Gasteiger partial charge is 0.303 e. The van der Waals surface area contributed by atoms with E-state index in [1.54, 1.807) is 0 Å². The lowest BCUT2D eigenvalue weighted by molar-refractivity contribution is -0.136. The summed E-state index contributed by atoms with van der Waals surface area (Å²) in [5.41, 5.74) is 1.63. The number of aliphatic carboxylic acids is 1. The van der Waals surface area contributed by atoms with Crippen LogP contribution in [0.15, 0.2) is 34.2 Å². The van der Waals surface area contributed by atoms with Gasteiger partial charge in [-0.3, -0.25) is 14.5 Å². The Morgan fingerprint density at radius 2 is 1.62 bits per heavy atom. The van der Waals surface area contributed by atoms with Crippen LogP contribution < -0.4 is 5.56 Å². The van der Waals surface area contributed by atoms with Crippen molar-refractivity contribution >= 4 is 22.7 Å². The van der Waals surface area contributed by atoms with Crippen LogP contribution in [0.1, 0.15) is 95.2 Å². The molecule has 0 radical (unpaired) electrons. The summed E-state index contributed by atoms with van der Waals surface area (Å²) in [6.07, 6.45) is 13.6. The summed E-state index contributed by atoms with van der Waals surface area (Å²) in [4.78, 5) is 38.3. The average Bonchev–Trinajstić information content (AvgIpc) is 2.94. The van der Waals surface area contributed by atoms with Crippen molar-refractivity contribution in [1.29, 1.82) is 0 Å². The summed E-state index contributed by atoms with van der Waals surface area (Å²) in [5, 5.41) is 22.5. The van der Waals surface area contributed by atoms with Crippen molar-refractivity contribution in [1.82, 2.24) is 14.5 Å². The van der Waals surface area contributed by atoms with Crippen LogP contribution in [0, 0.1) is 11.8 Å². The van der Waals surface area contributed by atoms with Gasteiger partial charge in [0.25, 0.3) is 5.56 Å². The molecule has 2 N–H and O–H groups in total. The number of aliphatic hydroxyl groups excluding tert-OH is 1. The third-order valence-corrected chi connectivity index (χ3v) is 9.90. The standard InChI is InChI=1S/C31H42N4O5/c36-13-14-40-33-27(11-12-29(37)38)30-31(39)35(28-10-2-1-9-26(28)32-30)25-18-22-7-4-8-23(19-25)34(22)24-16-20-5-3-6-21(15-20)17-24/h1-2,9-10,20-25,36H,3-8,11-19H2,(H,37,38)/t20-,21?,22+,23?,24?,25-/m0/s1. The van der Waals surface area contributed by atoms with Crippen LogP contribution in [-0.4, -0.2) is 67.7 Å². The van der Waals surface area contributed by atoms with Crippen LogP contribution in [-0.2, 0) is 9.63 Å². The summed E-state index contributed by atoms with van der Waals surface area (Å²) < 4.78 is 1.93. The number of hydrogen-bond acceptors (Lipinski definition) is 7. The van der Waals surface area contributed by atoms with Crippen molar-refractivity contribution in [3.05, 3.63) is 40.3 Å². The number of piperidine rings is 2. The van der Waals surface area contributed by atoms with Gasteiger partial charge >= 0.3 is 5.97 Å². The van der Waals surface area contributed by atoms with Gasteiger partial charge in [0.15, 0.2) is 5.69 Å². The quantitative estimate of drug-likeness (QED) is 0.268. The zero-order chi connectivity index (χ0) is 27.6. The minimum absolute atomic E-state index is 0.0229. The highest BCUT2D eigenvalue weighted by Crippen LogP contribution is 2.47. The van der Waals surface area contributed by atoms with Gasteiger partial charge in [-0.25, -0.2) is 4.98 Å². The van der Waals surface area contributed by atoms with Gasteiger partial charge in [-0.1, -0.05) is 43.0 Å². The fourth-order valence-electron chi connectivity index (χ4n) is 8.44. The second-order valence-corrected chi connectivity index (χ2v) is 12.4. The maximum absolute atomic E-state index is 14.2. The maximum atomic E-state index is 14.2. The highest BCUT2D eigenvalue weighted by Gasteiger charge is 2.45. The number of carbonyl (C=O) groups is 1. The number of aromatic nitrogens is 2. The topological polar surface area (TPSA) is 117 Å². The highest BCUT2D eigenvalue weighted by molar-refractivity contribution is 6.00. The second-order valence-electron chi connectivity index (χ2n) is 12.4. The molecule has 4 aliphatic rings. The molecule has 2 saturated heterocycles. The summed E-state index contributed by atoms with van der Waals surface area (Å²) >= 11 is 0. The zero-order valence-electron chi connectivity index (χ0n) is 23.3. The van der Waals surface area contributed by atoms with Crippen molar-refractivity contribution in [2.24, 2.45) is 17.0 Å². The van der Waals surface area contributed by atoms with Crippen LogP contribution in [0.3, 0.4) is 0 Å². The molecule has 2 aromatic rings. The molecule has 2 saturated carbocycles. The number of hydrogen-bond donors (Lipinski definition) is 2. The third kappa shape index (κ3) is 5.55. The number of para-hydroxylation sites is 2. The van der Waals surface area contributed by atoms with Gasteiger partial charge in [-0.15, -0.1) is 0 Å². The van der Waals surface area contributed by atoms with Crippen molar-refractivity contribution in [2.45, 2.75) is 108 Å². The fraction of sp³-hybridized carbons (Fsp3) is 0.677. The first-order valence-electron chi connectivity index (χ1n) is 15.3. The first-order chi connectivity index (χ1) is 19.5. The van der Waals surface area contributed by atoms with E-state index in [4.69, 9.17) is 9.94 Å². The van der Waals surface area contributed by atoms with Gasteiger partial charge in [0, 0.05) is 30.6 Å². The van der Waals surface area contributed by atoms with Crippen molar-refractivity contribution < 1.29 is 19.8 Å². The molecule has 40 heavy (non-hydrogen) atoms. The van der Waals surface area contributed by atoms with E-state index in [9.17, 15) is 14.7 Å². The lowest BCUT2D eigenvalue weighted by Crippen LogP contribution is -2.58. The van der Waals surface area contributed by atoms with Crippen LogP contribution >= 0.6 is 0 Å². The minimum Gasteiger partial charge on any atom is -0.481 e. The number of benzene rings is 1. The molecule has 1 aromatic carbocycles. The molecule has 4 bridgehead atoms. The highest BCUT2D eigenvalue weighted by atomic mass is 16.6. The summed E-state index contributed by atoms with van der Waals surface area (Å²) in [7, 11) is 0. The van der Waals surface area contributed by atoms with Gasteiger partial charge in [0.05, 0.1) is 24.1 Å². The molecule has 1 aromatic heterocycles. The Hall–Kier alpha value is -2.78. The summed E-state index contributed by atoms with van der Waals surface area (Å²) in [6, 6.07) is 9.41. The molecule has 2 aliphatic carbocycles. The average molecular weight is 551 g/mol. The first-order valence-corrected chi connectivity index (χ1v) is 15.3. The first kappa shape index (κ1) is 27.4. The molecule has 9 nitrogen and oxygen atoms in total. The minimum atomic E-state index is -0.983. The Bertz CT molecular complexity index is 1280. The predicted molar refractivity (Wildman–Crippen MR) is 152 cm³/mol. The molecule has 6 atom stereocenters. The Balaban J connectivity index is 1.34. The monoisotopic (exact) mass is 550 g/mol. The molecule has 0 spiro atoms. The van der Waals surface area contributed by atoms with Gasteiger partial charge in [0.1, 0.15) is 12.3 Å². The Morgan fingerprint density at radius 1 is 0.925 bits per heavy atom. The Kier molecular flexibility index (Phi) is 8.21. The SMILES string of the molecule is O=C(O)CCC(=NOCCO)c1nc2ccccc2n([C@@H]2CC3CCC[C@H](C2)N3C2CC3CCC[C@@H](C3)C2)c1=O. The third-order valence-electron chi connectivity index (χ3n) is 9.90. The predicted octanol–water partition coefficient (Wildman–Crippen LogP) is 4.50. The number of nitrogens with zero attached hydrogens (tertiary/aromatic N) is 4. The molecule has 0 amide bonds. The van der Waals surface area contributed by atoms with Gasteiger partial charge in [0.2, 0.25) is 0 Å². The van der Waals surface area contributed by atoms with E-state index in [2.05, 4.69) is 15.0 Å². The second kappa shape index (κ2) is 12.0. The number of oxime groups is 1. The number of carboxylic acid groups (broad SMARTS) is 1. The zero-order valence-corrected chi connectivity index (χ0v) is 23.3. The number of fused-ring (bicyclic) bond motifs is 5. The Morgan fingerprint density at radius 3 is 2.33 bits per heavy atom. The van der Waals surface area contributed by atoms with E-state index in [0.717, 1.165) is 30.2 Å². The van der Waals surface area contributed by atoms with Crippen LogP contribution in [0.4, 0.5) is 0 Å². The van der Waals surface area contributed by atoms with Gasteiger partial charge in [-0.05, 0) is 68.9 Å². The largest absolute Gasteiger partial charge is 0.481 e. The van der Waals surface area contributed by atoms with E-state index in [1.807, 2.05) is 28.8 Å².